The molecule has 2 nitrogen and oxygen atoms in total. The molecule has 0 amide bonds. The highest BCUT2D eigenvalue weighted by Crippen LogP contribution is 2.54. The summed E-state index contributed by atoms with van der Waals surface area (Å²) in [6.45, 7) is 0. The molecule has 2 saturated carbocycles. The van der Waals surface area contributed by atoms with Gasteiger partial charge in [0, 0.05) is 27.3 Å². The molecule has 18 heavy (non-hydrogen) atoms. The molecule has 9 heteroatoms. The predicted octanol–water partition coefficient (Wildman–Crippen LogP) is 4.03. The summed E-state index contributed by atoms with van der Waals surface area (Å²) < 4.78 is 68.3. The summed E-state index contributed by atoms with van der Waals surface area (Å²) in [5.41, 5.74) is 0. The maximum atomic E-state index is 13.0. The first kappa shape index (κ1) is 16.3. The third kappa shape index (κ3) is 4.42. The van der Waals surface area contributed by atoms with E-state index in [1.165, 1.54) is 0 Å². The summed E-state index contributed by atoms with van der Waals surface area (Å²) in [6.07, 6.45) is -0.760. The topological polar surface area (TPSA) is 34.1 Å². The Hall–Kier alpha value is 0.250. The van der Waals surface area contributed by atoms with E-state index in [2.05, 4.69) is 21.4 Å². The molecule has 0 aromatic heterocycles. The minimum absolute atomic E-state index is 0.144. The first-order valence-corrected chi connectivity index (χ1v) is 8.45. The van der Waals surface area contributed by atoms with E-state index in [1.807, 2.05) is 0 Å². The zero-order chi connectivity index (χ0) is 14.1. The van der Waals surface area contributed by atoms with Crippen LogP contribution in [0.25, 0.3) is 0 Å². The summed E-state index contributed by atoms with van der Waals surface area (Å²) in [4.78, 5) is 0. The highest BCUT2D eigenvalue weighted by Gasteiger charge is 2.56. The van der Waals surface area contributed by atoms with Crippen LogP contribution in [0.1, 0.15) is 25.7 Å². The zero-order valence-corrected chi connectivity index (χ0v) is 11.5. The SMILES string of the molecule is FC(F)C(F)(F)C1CC2CCC1C2.O=S(=O)(Cl)Cl. The fourth-order valence-electron chi connectivity index (χ4n) is 2.88. The molecular formula is C9H12Cl2F4O2S. The number of alkyl halides is 4. The molecule has 0 heterocycles. The molecule has 0 radical (unpaired) electrons. The van der Waals surface area contributed by atoms with Crippen molar-refractivity contribution in [3.05, 3.63) is 0 Å². The van der Waals surface area contributed by atoms with Gasteiger partial charge in [-0.1, -0.05) is 6.42 Å². The number of halogens is 6. The second-order valence-electron chi connectivity index (χ2n) is 4.63. The summed E-state index contributed by atoms with van der Waals surface area (Å²) in [5, 5.41) is 0. The van der Waals surface area contributed by atoms with Crippen LogP contribution in [0.5, 0.6) is 0 Å². The normalized spacial score (nSPS) is 31.4. The molecular weight excluding hydrogens is 319 g/mol. The molecule has 0 aromatic rings. The molecule has 2 aliphatic rings. The minimum Gasteiger partial charge on any atom is -0.204 e. The van der Waals surface area contributed by atoms with Gasteiger partial charge in [-0.3, -0.25) is 0 Å². The quantitative estimate of drug-likeness (QED) is 0.565. The summed E-state index contributed by atoms with van der Waals surface area (Å²) in [6, 6.07) is 0. The van der Waals surface area contributed by atoms with Gasteiger partial charge in [0.1, 0.15) is 0 Å². The highest BCUT2D eigenvalue weighted by molar-refractivity contribution is 8.31. The van der Waals surface area contributed by atoms with Crippen molar-refractivity contribution in [2.24, 2.45) is 17.8 Å². The molecule has 2 bridgehead atoms. The summed E-state index contributed by atoms with van der Waals surface area (Å²) in [7, 11) is 4.81. The lowest BCUT2D eigenvalue weighted by Gasteiger charge is -2.29. The Kier molecular flexibility index (Phi) is 5.17. The second-order valence-corrected chi connectivity index (χ2v) is 8.30. The molecule has 0 N–H and O–H groups in total. The number of fused-ring (bicyclic) bond motifs is 2. The standard InChI is InChI=1S/C9H12F4.Cl2O2S/c10-8(11)9(12,13)7-4-5-1-2-6(7)3-5;1-5(2,3)4/h5-8H,1-4H2;. The lowest BCUT2D eigenvalue weighted by atomic mass is 9.84. The van der Waals surface area contributed by atoms with Crippen LogP contribution in [0.2, 0.25) is 0 Å². The maximum absolute atomic E-state index is 13.0. The van der Waals surface area contributed by atoms with Gasteiger partial charge in [0.05, 0.1) is 0 Å². The smallest absolute Gasteiger partial charge is 0.204 e. The molecule has 2 rings (SSSR count). The Morgan fingerprint density at radius 3 is 1.89 bits per heavy atom. The van der Waals surface area contributed by atoms with E-state index < -0.39 is 26.5 Å². The molecule has 3 unspecified atom stereocenters. The van der Waals surface area contributed by atoms with E-state index in [-0.39, 0.29) is 5.92 Å². The Bertz CT molecular complexity index is 380. The van der Waals surface area contributed by atoms with E-state index in [0.29, 0.717) is 12.3 Å². The van der Waals surface area contributed by atoms with Crippen LogP contribution in [0.3, 0.4) is 0 Å². The van der Waals surface area contributed by atoms with Crippen LogP contribution in [-0.4, -0.2) is 20.8 Å². The molecule has 0 aromatic carbocycles. The monoisotopic (exact) mass is 330 g/mol. The van der Waals surface area contributed by atoms with Crippen LogP contribution in [0.4, 0.5) is 17.6 Å². The van der Waals surface area contributed by atoms with E-state index in [0.717, 1.165) is 19.3 Å². The van der Waals surface area contributed by atoms with Gasteiger partial charge in [-0.05, 0) is 31.1 Å². The third-order valence-electron chi connectivity index (χ3n) is 3.52. The van der Waals surface area contributed by atoms with Gasteiger partial charge >= 0.3 is 20.6 Å². The maximum Gasteiger partial charge on any atom is 0.317 e. The Morgan fingerprint density at radius 1 is 1.11 bits per heavy atom. The molecule has 0 aliphatic heterocycles. The number of rotatable bonds is 2. The zero-order valence-electron chi connectivity index (χ0n) is 9.13. The largest absolute Gasteiger partial charge is 0.317 e. The van der Waals surface area contributed by atoms with Gasteiger partial charge in [-0.2, -0.15) is 17.2 Å². The molecule has 0 saturated heterocycles. The lowest BCUT2D eigenvalue weighted by molar-refractivity contribution is -0.176. The van der Waals surface area contributed by atoms with Gasteiger partial charge in [-0.25, -0.2) is 8.78 Å². The Morgan fingerprint density at radius 2 is 1.61 bits per heavy atom. The molecule has 3 atom stereocenters. The fraction of sp³-hybridized carbons (Fsp3) is 1.00. The fourth-order valence-corrected chi connectivity index (χ4v) is 2.88. The number of hydrogen-bond acceptors (Lipinski definition) is 2. The first-order valence-electron chi connectivity index (χ1n) is 5.32. The van der Waals surface area contributed by atoms with Crippen molar-refractivity contribution in [3.8, 4) is 0 Å². The number of hydrogen-bond donors (Lipinski definition) is 0. The van der Waals surface area contributed by atoms with Crippen molar-refractivity contribution >= 4 is 29.6 Å². The molecule has 0 spiro atoms. The average molecular weight is 331 g/mol. The van der Waals surface area contributed by atoms with Gasteiger partial charge in [0.25, 0.3) is 0 Å². The van der Waals surface area contributed by atoms with Crippen LogP contribution < -0.4 is 0 Å². The predicted molar refractivity (Wildman–Crippen MR) is 60.5 cm³/mol. The minimum atomic E-state index is -3.75. The van der Waals surface area contributed by atoms with Crippen molar-refractivity contribution in [2.45, 2.75) is 38.0 Å². The van der Waals surface area contributed by atoms with Crippen LogP contribution >= 0.6 is 21.4 Å². The van der Waals surface area contributed by atoms with Crippen LogP contribution in [0, 0.1) is 17.8 Å². The molecule has 2 fully saturated rings. The van der Waals surface area contributed by atoms with Crippen molar-refractivity contribution in [1.82, 2.24) is 0 Å². The lowest BCUT2D eigenvalue weighted by Crippen LogP contribution is -2.38. The second kappa shape index (κ2) is 5.71. The van der Waals surface area contributed by atoms with Crippen molar-refractivity contribution in [3.63, 3.8) is 0 Å². The first-order chi connectivity index (χ1) is 8.01. The average Bonchev–Trinajstić information content (AvgIpc) is 2.75. The van der Waals surface area contributed by atoms with Gasteiger partial charge in [0.15, 0.2) is 0 Å². The van der Waals surface area contributed by atoms with Crippen molar-refractivity contribution in [2.75, 3.05) is 0 Å². The van der Waals surface area contributed by atoms with Crippen LogP contribution in [-0.2, 0) is 8.26 Å². The van der Waals surface area contributed by atoms with Crippen molar-refractivity contribution in [1.29, 1.82) is 0 Å². The Labute approximate surface area is 112 Å². The van der Waals surface area contributed by atoms with Gasteiger partial charge in [0.2, 0.25) is 0 Å². The highest BCUT2D eigenvalue weighted by atomic mass is 36.0. The van der Waals surface area contributed by atoms with E-state index in [4.69, 9.17) is 8.42 Å². The van der Waals surface area contributed by atoms with E-state index in [9.17, 15) is 17.6 Å². The molecule has 108 valence electrons. The van der Waals surface area contributed by atoms with Crippen molar-refractivity contribution < 1.29 is 26.0 Å². The summed E-state index contributed by atoms with van der Waals surface area (Å²) in [5.74, 6) is -4.65. The third-order valence-corrected chi connectivity index (χ3v) is 3.52. The molecule has 2 aliphatic carbocycles. The summed E-state index contributed by atoms with van der Waals surface area (Å²) >= 11 is 0. The van der Waals surface area contributed by atoms with Gasteiger partial charge in [-0.15, -0.1) is 0 Å². The Balaban J connectivity index is 0.000000280. The van der Waals surface area contributed by atoms with E-state index >= 15 is 0 Å². The van der Waals surface area contributed by atoms with E-state index in [1.54, 1.807) is 0 Å². The van der Waals surface area contributed by atoms with Gasteiger partial charge < -0.3 is 0 Å². The van der Waals surface area contributed by atoms with Crippen LogP contribution in [0.15, 0.2) is 0 Å².